The van der Waals surface area contributed by atoms with Crippen molar-refractivity contribution < 1.29 is 4.42 Å². The molecule has 0 bridgehead atoms. The van der Waals surface area contributed by atoms with Crippen molar-refractivity contribution in [1.82, 2.24) is 0 Å². The average Bonchev–Trinajstić information content (AvgIpc) is 4.01. The first-order valence-corrected chi connectivity index (χ1v) is 25.3. The monoisotopic (exact) mass is 922 g/mol. The summed E-state index contributed by atoms with van der Waals surface area (Å²) >= 11 is 0. The van der Waals surface area contributed by atoms with Crippen LogP contribution in [0.15, 0.2) is 259 Å². The third-order valence-corrected chi connectivity index (χ3v) is 16.0. The van der Waals surface area contributed by atoms with Crippen LogP contribution in [0.5, 0.6) is 0 Å². The molecule has 0 unspecified atom stereocenters. The van der Waals surface area contributed by atoms with Gasteiger partial charge in [0, 0.05) is 10.8 Å². The van der Waals surface area contributed by atoms with E-state index in [-0.39, 0.29) is 0 Å². The van der Waals surface area contributed by atoms with Crippen LogP contribution in [-0.2, 0) is 0 Å². The van der Waals surface area contributed by atoms with Crippen molar-refractivity contribution in [1.29, 1.82) is 0 Å². The highest BCUT2D eigenvalue weighted by Gasteiger charge is 2.31. The molecule has 0 atom stereocenters. The molecule has 0 N–H and O–H groups in total. The standard InChI is InChI=1S/C72H42O/c1-3-16-47-40-49(34-28-43(47)14-1)68-59-23-9-10-24-60(59)69(50-35-29-44-15-2-4-17-48(44)41-50)72-62-38-37-52(54-25-13-26-61(70(54)62)71(68)72)45-30-32-46(33-31-45)66-55-19-5-7-21-57(55)67(58-22-8-6-20-56(58)66)51-36-39-65-63(42-51)53-18-11-12-27-64(53)73-65/h1-42H. The second-order valence-electron chi connectivity index (χ2n) is 19.8. The van der Waals surface area contributed by atoms with Crippen molar-refractivity contribution in [3.8, 4) is 77.9 Å². The Hall–Kier alpha value is -9.56. The van der Waals surface area contributed by atoms with Gasteiger partial charge in [-0.2, -0.15) is 0 Å². The summed E-state index contributed by atoms with van der Waals surface area (Å²) in [7, 11) is 0. The van der Waals surface area contributed by atoms with E-state index in [1.54, 1.807) is 0 Å². The van der Waals surface area contributed by atoms with Gasteiger partial charge in [-0.3, -0.25) is 0 Å². The van der Waals surface area contributed by atoms with E-state index >= 15 is 0 Å². The molecule has 0 saturated heterocycles. The van der Waals surface area contributed by atoms with Gasteiger partial charge in [-0.05, 0) is 173 Å². The fourth-order valence-corrected chi connectivity index (χ4v) is 12.8. The van der Waals surface area contributed by atoms with Gasteiger partial charge >= 0.3 is 0 Å². The number of hydrogen-bond donors (Lipinski definition) is 0. The predicted octanol–water partition coefficient (Wildman–Crippen LogP) is 20.5. The first kappa shape index (κ1) is 40.2. The van der Waals surface area contributed by atoms with Gasteiger partial charge in [-0.15, -0.1) is 0 Å². The predicted molar refractivity (Wildman–Crippen MR) is 310 cm³/mol. The van der Waals surface area contributed by atoms with Gasteiger partial charge in [0.15, 0.2) is 0 Å². The van der Waals surface area contributed by atoms with Crippen LogP contribution < -0.4 is 0 Å². The van der Waals surface area contributed by atoms with Crippen LogP contribution in [-0.4, -0.2) is 0 Å². The summed E-state index contributed by atoms with van der Waals surface area (Å²) in [6.45, 7) is 0. The molecular formula is C72H42O. The number of fused-ring (bicyclic) bond motifs is 11. The Balaban J connectivity index is 0.886. The SMILES string of the molecule is c1ccc2cc(-c3c4c(c(-c5ccc6ccccc6c5)c5ccccc35)-c3ccc(-c5ccc(-c6c7ccccc7c(-c7ccc8oc9ccccc9c8c7)c7ccccc67)cc5)c5cccc-4c35)ccc2c1. The number of para-hydroxylation sites is 1. The van der Waals surface area contributed by atoms with Crippen molar-refractivity contribution >= 4 is 86.6 Å². The van der Waals surface area contributed by atoms with Gasteiger partial charge in [0.2, 0.25) is 0 Å². The summed E-state index contributed by atoms with van der Waals surface area (Å²) in [5, 5.41) is 17.3. The lowest BCUT2D eigenvalue weighted by molar-refractivity contribution is 0.669. The number of benzene rings is 14. The summed E-state index contributed by atoms with van der Waals surface area (Å²) in [5.41, 5.74) is 19.4. The topological polar surface area (TPSA) is 13.1 Å². The van der Waals surface area contributed by atoms with E-state index in [0.717, 1.165) is 21.9 Å². The maximum Gasteiger partial charge on any atom is 0.135 e. The average molecular weight is 923 g/mol. The summed E-state index contributed by atoms with van der Waals surface area (Å²) in [4.78, 5) is 0. The molecular weight excluding hydrogens is 881 g/mol. The molecule has 1 heteroatoms. The van der Waals surface area contributed by atoms with E-state index in [0.29, 0.717) is 0 Å². The molecule has 0 saturated carbocycles. The zero-order valence-corrected chi connectivity index (χ0v) is 39.7. The summed E-state index contributed by atoms with van der Waals surface area (Å²) in [6, 6.07) is 94.6. The molecule has 15 aromatic rings. The first-order chi connectivity index (χ1) is 36.2. The molecule has 16 rings (SSSR count). The lowest BCUT2D eigenvalue weighted by Crippen LogP contribution is -1.94. The Morgan fingerprint density at radius 3 is 1.18 bits per heavy atom. The molecule has 0 amide bonds. The molecule has 1 aromatic heterocycles. The highest BCUT2D eigenvalue weighted by molar-refractivity contribution is 6.29. The molecule has 0 radical (unpaired) electrons. The van der Waals surface area contributed by atoms with Crippen LogP contribution in [0.3, 0.4) is 0 Å². The van der Waals surface area contributed by atoms with E-state index < -0.39 is 0 Å². The van der Waals surface area contributed by atoms with Crippen LogP contribution in [0.25, 0.3) is 164 Å². The maximum atomic E-state index is 6.27. The van der Waals surface area contributed by atoms with Crippen LogP contribution >= 0.6 is 0 Å². The quantitative estimate of drug-likeness (QED) is 0.157. The van der Waals surface area contributed by atoms with Crippen molar-refractivity contribution in [3.05, 3.63) is 255 Å². The molecule has 1 nitrogen and oxygen atoms in total. The van der Waals surface area contributed by atoms with Gasteiger partial charge < -0.3 is 4.42 Å². The molecule has 73 heavy (non-hydrogen) atoms. The first-order valence-electron chi connectivity index (χ1n) is 25.3. The van der Waals surface area contributed by atoms with E-state index in [2.05, 4.69) is 249 Å². The Bertz CT molecular complexity index is 4650. The van der Waals surface area contributed by atoms with Gasteiger partial charge in [0.25, 0.3) is 0 Å². The fourth-order valence-electron chi connectivity index (χ4n) is 12.8. The Morgan fingerprint density at radius 1 is 0.192 bits per heavy atom. The second-order valence-corrected chi connectivity index (χ2v) is 19.8. The smallest absolute Gasteiger partial charge is 0.135 e. The van der Waals surface area contributed by atoms with E-state index in [1.165, 1.54) is 143 Å². The van der Waals surface area contributed by atoms with Crippen LogP contribution in [0.4, 0.5) is 0 Å². The summed E-state index contributed by atoms with van der Waals surface area (Å²) < 4.78 is 6.27. The minimum atomic E-state index is 0.908. The molecule has 14 aromatic carbocycles. The Kier molecular flexibility index (Phi) is 8.52. The van der Waals surface area contributed by atoms with Crippen molar-refractivity contribution in [2.24, 2.45) is 0 Å². The van der Waals surface area contributed by atoms with Gasteiger partial charge in [-0.1, -0.05) is 224 Å². The van der Waals surface area contributed by atoms with Crippen molar-refractivity contribution in [3.63, 3.8) is 0 Å². The molecule has 0 spiro atoms. The third-order valence-electron chi connectivity index (χ3n) is 16.0. The third kappa shape index (κ3) is 5.91. The Labute approximate surface area is 421 Å². The number of hydrogen-bond acceptors (Lipinski definition) is 1. The van der Waals surface area contributed by atoms with Crippen LogP contribution in [0, 0.1) is 0 Å². The highest BCUT2D eigenvalue weighted by atomic mass is 16.3. The van der Waals surface area contributed by atoms with Crippen LogP contribution in [0.1, 0.15) is 0 Å². The molecule has 0 aliphatic heterocycles. The Morgan fingerprint density at radius 2 is 0.589 bits per heavy atom. The molecule has 1 aliphatic rings. The molecule has 336 valence electrons. The van der Waals surface area contributed by atoms with Crippen molar-refractivity contribution in [2.75, 3.05) is 0 Å². The molecule has 1 aliphatic carbocycles. The number of rotatable bonds is 5. The second kappa shape index (κ2) is 15.5. The maximum absolute atomic E-state index is 6.27. The van der Waals surface area contributed by atoms with Gasteiger partial charge in [0.1, 0.15) is 11.2 Å². The van der Waals surface area contributed by atoms with E-state index in [9.17, 15) is 0 Å². The minimum Gasteiger partial charge on any atom is -0.456 e. The molecule has 0 fully saturated rings. The minimum absolute atomic E-state index is 0.908. The zero-order valence-electron chi connectivity index (χ0n) is 39.7. The molecule has 1 heterocycles. The number of furan rings is 1. The van der Waals surface area contributed by atoms with Crippen LogP contribution in [0.2, 0.25) is 0 Å². The lowest BCUT2D eigenvalue weighted by Gasteiger charge is -2.21. The summed E-state index contributed by atoms with van der Waals surface area (Å²) in [5.74, 6) is 0. The lowest BCUT2D eigenvalue weighted by atomic mass is 9.82. The van der Waals surface area contributed by atoms with Crippen molar-refractivity contribution in [2.45, 2.75) is 0 Å². The fraction of sp³-hybridized carbons (Fsp3) is 0. The van der Waals surface area contributed by atoms with Gasteiger partial charge in [-0.25, -0.2) is 0 Å². The van der Waals surface area contributed by atoms with E-state index in [1.807, 2.05) is 6.07 Å². The largest absolute Gasteiger partial charge is 0.456 e. The zero-order chi connectivity index (χ0) is 47.7. The normalized spacial score (nSPS) is 12.1. The summed E-state index contributed by atoms with van der Waals surface area (Å²) in [6.07, 6.45) is 0. The highest BCUT2D eigenvalue weighted by Crippen LogP contribution is 2.59. The van der Waals surface area contributed by atoms with Gasteiger partial charge in [0.05, 0.1) is 0 Å². The van der Waals surface area contributed by atoms with E-state index in [4.69, 9.17) is 4.42 Å².